The summed E-state index contributed by atoms with van der Waals surface area (Å²) in [5.41, 5.74) is 2.41. The number of nitrogens with one attached hydrogen (secondary N) is 2. The van der Waals surface area contributed by atoms with Crippen molar-refractivity contribution in [3.05, 3.63) is 64.7 Å². The van der Waals surface area contributed by atoms with Gasteiger partial charge in [0.25, 0.3) is 11.8 Å². The molecule has 6 heteroatoms. The van der Waals surface area contributed by atoms with Crippen LogP contribution in [0.5, 0.6) is 5.75 Å². The molecule has 1 aliphatic carbocycles. The van der Waals surface area contributed by atoms with Gasteiger partial charge in [-0.25, -0.2) is 0 Å². The highest BCUT2D eigenvalue weighted by Crippen LogP contribution is 2.46. The summed E-state index contributed by atoms with van der Waals surface area (Å²) in [6, 6.07) is 13.7. The van der Waals surface area contributed by atoms with Crippen molar-refractivity contribution in [3.63, 3.8) is 0 Å². The maximum absolute atomic E-state index is 13.0. The van der Waals surface area contributed by atoms with Gasteiger partial charge in [0.15, 0.2) is 0 Å². The van der Waals surface area contributed by atoms with Crippen LogP contribution in [-0.4, -0.2) is 44.7 Å². The molecule has 4 atom stereocenters. The van der Waals surface area contributed by atoms with Crippen LogP contribution in [0, 0.1) is 11.8 Å². The fraction of sp³-hybridized carbons (Fsp3) is 0.391. The predicted molar refractivity (Wildman–Crippen MR) is 107 cm³/mol. The minimum atomic E-state index is -0.431. The molecule has 6 nitrogen and oxygen atoms in total. The van der Waals surface area contributed by atoms with Gasteiger partial charge in [-0.1, -0.05) is 30.3 Å². The van der Waals surface area contributed by atoms with Crippen molar-refractivity contribution >= 4 is 11.8 Å². The van der Waals surface area contributed by atoms with Gasteiger partial charge in [-0.3, -0.25) is 9.59 Å². The zero-order valence-electron chi connectivity index (χ0n) is 16.5. The fourth-order valence-electron chi connectivity index (χ4n) is 4.66. The number of carbonyl (C=O) groups is 2. The molecule has 5 rings (SSSR count). The van der Waals surface area contributed by atoms with Gasteiger partial charge in [0.05, 0.1) is 24.2 Å². The number of amides is 2. The largest absolute Gasteiger partial charge is 0.491 e. The highest BCUT2D eigenvalue weighted by Gasteiger charge is 2.55. The Morgan fingerprint density at radius 1 is 1.07 bits per heavy atom. The van der Waals surface area contributed by atoms with Crippen molar-refractivity contribution in [2.45, 2.75) is 18.4 Å². The standard InChI is InChI=1S/C23H24N2O4/c1-23(14-6-4-3-5-7-14)12-29-20-15(22(27)24-2)8-13(9-18(20)23)21(26)25-19-16-10-28-11-17(16)19/h3-9,16-17,19H,10-12H2,1-2H3,(H,24,27)(H,25,26)/t16-,17+,19+,23-/m0/s1. The Morgan fingerprint density at radius 3 is 2.48 bits per heavy atom. The van der Waals surface area contributed by atoms with Gasteiger partial charge < -0.3 is 20.1 Å². The van der Waals surface area contributed by atoms with E-state index in [0.29, 0.717) is 48.5 Å². The summed E-state index contributed by atoms with van der Waals surface area (Å²) < 4.78 is 11.4. The first-order valence-electron chi connectivity index (χ1n) is 10.0. The molecule has 2 amide bonds. The Hall–Kier alpha value is -2.86. The van der Waals surface area contributed by atoms with Crippen molar-refractivity contribution in [3.8, 4) is 5.75 Å². The van der Waals surface area contributed by atoms with Crippen LogP contribution in [0.3, 0.4) is 0 Å². The maximum Gasteiger partial charge on any atom is 0.254 e. The molecule has 150 valence electrons. The zero-order valence-corrected chi connectivity index (χ0v) is 16.5. The van der Waals surface area contributed by atoms with Gasteiger partial charge in [0, 0.05) is 36.1 Å². The number of benzene rings is 2. The third-order valence-corrected chi connectivity index (χ3v) is 6.58. The topological polar surface area (TPSA) is 76.7 Å². The second kappa shape index (κ2) is 6.59. The lowest BCUT2D eigenvalue weighted by Gasteiger charge is -2.24. The first kappa shape index (κ1) is 18.2. The van der Waals surface area contributed by atoms with E-state index in [1.807, 2.05) is 24.3 Å². The van der Waals surface area contributed by atoms with Gasteiger partial charge in [0.2, 0.25) is 0 Å². The zero-order chi connectivity index (χ0) is 20.2. The predicted octanol–water partition coefficient (Wildman–Crippen LogP) is 2.12. The minimum absolute atomic E-state index is 0.153. The number of carbonyl (C=O) groups excluding carboxylic acids is 2. The number of rotatable bonds is 4. The van der Waals surface area contributed by atoms with E-state index in [-0.39, 0.29) is 17.9 Å². The van der Waals surface area contributed by atoms with Crippen LogP contribution >= 0.6 is 0 Å². The molecule has 2 aliphatic heterocycles. The summed E-state index contributed by atoms with van der Waals surface area (Å²) in [5, 5.41) is 5.79. The molecule has 2 N–H and O–H groups in total. The van der Waals surface area contributed by atoms with Gasteiger partial charge in [-0.2, -0.15) is 0 Å². The fourth-order valence-corrected chi connectivity index (χ4v) is 4.66. The summed E-state index contributed by atoms with van der Waals surface area (Å²) in [4.78, 5) is 25.6. The summed E-state index contributed by atoms with van der Waals surface area (Å²) in [6.07, 6.45) is 0. The van der Waals surface area contributed by atoms with Crippen molar-refractivity contribution in [1.82, 2.24) is 10.6 Å². The third-order valence-electron chi connectivity index (χ3n) is 6.58. The van der Waals surface area contributed by atoms with Crippen molar-refractivity contribution in [2.24, 2.45) is 11.8 Å². The minimum Gasteiger partial charge on any atom is -0.491 e. The average molecular weight is 392 g/mol. The molecular formula is C23H24N2O4. The summed E-state index contributed by atoms with van der Waals surface area (Å²) in [6.45, 7) is 3.93. The van der Waals surface area contributed by atoms with E-state index < -0.39 is 5.41 Å². The molecular weight excluding hydrogens is 368 g/mol. The van der Waals surface area contributed by atoms with Crippen LogP contribution in [0.1, 0.15) is 38.8 Å². The molecule has 0 spiro atoms. The number of hydrogen-bond donors (Lipinski definition) is 2. The second-order valence-electron chi connectivity index (χ2n) is 8.33. The van der Waals surface area contributed by atoms with Crippen molar-refractivity contribution < 1.29 is 19.1 Å². The van der Waals surface area contributed by atoms with E-state index in [2.05, 4.69) is 29.7 Å². The van der Waals surface area contributed by atoms with Crippen LogP contribution in [0.4, 0.5) is 0 Å². The van der Waals surface area contributed by atoms with Crippen LogP contribution < -0.4 is 15.4 Å². The molecule has 1 saturated carbocycles. The molecule has 2 aromatic rings. The Balaban J connectivity index is 1.54. The lowest BCUT2D eigenvalue weighted by atomic mass is 9.77. The Kier molecular flexibility index (Phi) is 4.13. The van der Waals surface area contributed by atoms with Crippen molar-refractivity contribution in [1.29, 1.82) is 0 Å². The molecule has 0 radical (unpaired) electrons. The molecule has 2 fully saturated rings. The number of ether oxygens (including phenoxy) is 2. The molecule has 0 aromatic heterocycles. The monoisotopic (exact) mass is 392 g/mol. The van der Waals surface area contributed by atoms with E-state index in [9.17, 15) is 9.59 Å². The molecule has 0 bridgehead atoms. The van der Waals surface area contributed by atoms with Gasteiger partial charge >= 0.3 is 0 Å². The van der Waals surface area contributed by atoms with Crippen molar-refractivity contribution in [2.75, 3.05) is 26.9 Å². The Labute approximate surface area is 169 Å². The molecule has 0 unspecified atom stereocenters. The van der Waals surface area contributed by atoms with E-state index in [0.717, 1.165) is 11.1 Å². The first-order chi connectivity index (χ1) is 14.0. The average Bonchev–Trinajstić information content (AvgIpc) is 3.09. The van der Waals surface area contributed by atoms with Crippen LogP contribution in [0.15, 0.2) is 42.5 Å². The van der Waals surface area contributed by atoms with Crippen LogP contribution in [0.25, 0.3) is 0 Å². The first-order valence-corrected chi connectivity index (χ1v) is 10.0. The van der Waals surface area contributed by atoms with E-state index >= 15 is 0 Å². The van der Waals surface area contributed by atoms with Crippen LogP contribution in [0.2, 0.25) is 0 Å². The lowest BCUT2D eigenvalue weighted by molar-refractivity contribution is 0.0929. The third kappa shape index (κ3) is 2.82. The molecule has 1 saturated heterocycles. The van der Waals surface area contributed by atoms with E-state index in [1.54, 1.807) is 13.1 Å². The molecule has 3 aliphatic rings. The Morgan fingerprint density at radius 2 is 1.79 bits per heavy atom. The van der Waals surface area contributed by atoms with E-state index in [1.165, 1.54) is 0 Å². The van der Waals surface area contributed by atoms with Gasteiger partial charge in [-0.15, -0.1) is 0 Å². The van der Waals surface area contributed by atoms with Gasteiger partial charge in [0.1, 0.15) is 12.4 Å². The highest BCUT2D eigenvalue weighted by atomic mass is 16.5. The van der Waals surface area contributed by atoms with Crippen LogP contribution in [-0.2, 0) is 10.2 Å². The maximum atomic E-state index is 13.0. The summed E-state index contributed by atoms with van der Waals surface area (Å²) in [7, 11) is 1.58. The van der Waals surface area contributed by atoms with E-state index in [4.69, 9.17) is 9.47 Å². The number of fused-ring (bicyclic) bond motifs is 2. The quantitative estimate of drug-likeness (QED) is 0.836. The Bertz CT molecular complexity index is 980. The normalized spacial score (nSPS) is 28.8. The summed E-state index contributed by atoms with van der Waals surface area (Å²) >= 11 is 0. The SMILES string of the molecule is CNC(=O)c1cc(C(=O)N[C@H]2[C@@H]3COC[C@@H]32)cc2c1OC[C@@]2(C)c1ccccc1. The molecule has 2 heterocycles. The highest BCUT2D eigenvalue weighted by molar-refractivity contribution is 6.02. The smallest absolute Gasteiger partial charge is 0.254 e. The summed E-state index contributed by atoms with van der Waals surface area (Å²) in [5.74, 6) is 0.989. The molecule has 2 aromatic carbocycles. The van der Waals surface area contributed by atoms with Gasteiger partial charge in [-0.05, 0) is 24.6 Å². The molecule has 29 heavy (non-hydrogen) atoms. The number of hydrogen-bond acceptors (Lipinski definition) is 4. The second-order valence-corrected chi connectivity index (χ2v) is 8.33. The lowest BCUT2D eigenvalue weighted by Crippen LogP contribution is -2.31.